The Labute approximate surface area is 228 Å². The second-order valence-electron chi connectivity index (χ2n) is 11.1. The zero-order valence-electron chi connectivity index (χ0n) is 23.5. The number of rotatable bonds is 16. The minimum atomic E-state index is -0.525. The molecule has 1 aromatic carbocycles. The van der Waals surface area contributed by atoms with Crippen LogP contribution in [0.15, 0.2) is 54.3 Å². The van der Waals surface area contributed by atoms with Gasteiger partial charge < -0.3 is 24.4 Å². The summed E-state index contributed by atoms with van der Waals surface area (Å²) in [6.45, 7) is 10.1. The summed E-state index contributed by atoms with van der Waals surface area (Å²) in [5, 5.41) is 19.3. The van der Waals surface area contributed by atoms with E-state index in [-0.39, 0.29) is 25.1 Å². The molecule has 0 fully saturated rings. The highest BCUT2D eigenvalue weighted by Crippen LogP contribution is 2.36. The van der Waals surface area contributed by atoms with E-state index in [4.69, 9.17) is 19.3 Å². The molecular formula is C32H46O6. The first-order valence-electron chi connectivity index (χ1n) is 14.2. The SMILES string of the molecule is CCC(C)(CCCC(O)COC1=CC2OC(=O)C(c3ccc(OCCCCCO)cc3)=CC2C=C1)C(C)C. The van der Waals surface area contributed by atoms with Crippen LogP contribution in [0.4, 0.5) is 0 Å². The molecule has 0 bridgehead atoms. The van der Waals surface area contributed by atoms with E-state index in [2.05, 4.69) is 27.7 Å². The van der Waals surface area contributed by atoms with Gasteiger partial charge in [0.2, 0.25) is 0 Å². The molecule has 0 saturated heterocycles. The first kappa shape index (κ1) is 30.0. The monoisotopic (exact) mass is 526 g/mol. The van der Waals surface area contributed by atoms with E-state index in [1.54, 1.807) is 0 Å². The van der Waals surface area contributed by atoms with Gasteiger partial charge in [0, 0.05) is 12.5 Å². The topological polar surface area (TPSA) is 85.2 Å². The van der Waals surface area contributed by atoms with Gasteiger partial charge in [-0.25, -0.2) is 4.79 Å². The molecule has 2 N–H and O–H groups in total. The third kappa shape index (κ3) is 8.47. The number of carbonyl (C=O) groups excluding carboxylic acids is 1. The highest BCUT2D eigenvalue weighted by atomic mass is 16.5. The average Bonchev–Trinajstić information content (AvgIpc) is 2.91. The first-order valence-corrected chi connectivity index (χ1v) is 14.2. The standard InChI is InChI=1S/C32H46O6/c1-5-32(4,23(2)3)17-9-10-26(34)22-37-28-16-13-25-20-29(31(35)38-30(25)21-28)24-11-14-27(15-12-24)36-19-8-6-7-18-33/h11-16,20-21,23,25-26,30,33-34H,5-10,17-19,22H2,1-4H3. The van der Waals surface area contributed by atoms with E-state index < -0.39 is 12.2 Å². The van der Waals surface area contributed by atoms with Gasteiger partial charge in [-0.3, -0.25) is 0 Å². The largest absolute Gasteiger partial charge is 0.494 e. The van der Waals surface area contributed by atoms with Crippen LogP contribution in [0.25, 0.3) is 5.57 Å². The molecule has 4 atom stereocenters. The van der Waals surface area contributed by atoms with Gasteiger partial charge in [0.25, 0.3) is 0 Å². The number of allylic oxidation sites excluding steroid dienone is 1. The minimum absolute atomic E-state index is 0.0646. The predicted octanol–water partition coefficient (Wildman–Crippen LogP) is 6.23. The van der Waals surface area contributed by atoms with Crippen LogP contribution >= 0.6 is 0 Å². The summed E-state index contributed by atoms with van der Waals surface area (Å²) in [5.74, 6) is 1.56. The van der Waals surface area contributed by atoms with Crippen LogP contribution in [0.3, 0.4) is 0 Å². The Morgan fingerprint density at radius 1 is 1.05 bits per heavy atom. The maximum atomic E-state index is 12.8. The number of unbranched alkanes of at least 4 members (excludes halogenated alkanes) is 2. The van der Waals surface area contributed by atoms with E-state index in [1.807, 2.05) is 48.6 Å². The van der Waals surface area contributed by atoms with E-state index >= 15 is 0 Å². The van der Waals surface area contributed by atoms with Gasteiger partial charge in [0.05, 0.1) is 18.3 Å². The molecule has 1 aromatic rings. The van der Waals surface area contributed by atoms with Gasteiger partial charge in [-0.05, 0) is 73.3 Å². The molecule has 0 spiro atoms. The number of carbonyl (C=O) groups is 1. The minimum Gasteiger partial charge on any atom is -0.494 e. The fraction of sp³-hybridized carbons (Fsp3) is 0.594. The van der Waals surface area contributed by atoms with Crippen molar-refractivity contribution >= 4 is 11.5 Å². The Morgan fingerprint density at radius 3 is 2.50 bits per heavy atom. The number of hydrogen-bond donors (Lipinski definition) is 2. The summed E-state index contributed by atoms with van der Waals surface area (Å²) in [4.78, 5) is 12.8. The van der Waals surface area contributed by atoms with Crippen LogP contribution < -0.4 is 4.74 Å². The lowest BCUT2D eigenvalue weighted by molar-refractivity contribution is -0.141. The maximum absolute atomic E-state index is 12.8. The van der Waals surface area contributed by atoms with Crippen molar-refractivity contribution in [1.29, 1.82) is 0 Å². The van der Waals surface area contributed by atoms with Crippen LogP contribution in [0.2, 0.25) is 0 Å². The molecule has 1 aliphatic heterocycles. The van der Waals surface area contributed by atoms with E-state index in [0.717, 1.165) is 49.8 Å². The molecule has 1 aliphatic carbocycles. The van der Waals surface area contributed by atoms with Gasteiger partial charge in [-0.15, -0.1) is 0 Å². The van der Waals surface area contributed by atoms with Gasteiger partial charge in [-0.1, -0.05) is 64.8 Å². The Kier molecular flexibility index (Phi) is 11.5. The van der Waals surface area contributed by atoms with Crippen molar-refractivity contribution in [3.05, 3.63) is 59.9 Å². The lowest BCUT2D eigenvalue weighted by Gasteiger charge is -2.33. The molecule has 3 rings (SSSR count). The van der Waals surface area contributed by atoms with E-state index in [0.29, 0.717) is 35.7 Å². The van der Waals surface area contributed by atoms with Crippen molar-refractivity contribution in [3.63, 3.8) is 0 Å². The molecule has 6 nitrogen and oxygen atoms in total. The summed E-state index contributed by atoms with van der Waals surface area (Å²) in [5.41, 5.74) is 1.64. The second-order valence-corrected chi connectivity index (χ2v) is 11.1. The number of benzene rings is 1. The van der Waals surface area contributed by atoms with E-state index in [1.165, 1.54) is 0 Å². The van der Waals surface area contributed by atoms with Crippen molar-refractivity contribution in [3.8, 4) is 5.75 Å². The molecule has 210 valence electrons. The number of aliphatic hydroxyl groups is 2. The molecule has 0 radical (unpaired) electrons. The van der Waals surface area contributed by atoms with Crippen LogP contribution in [0.1, 0.15) is 78.2 Å². The highest BCUT2D eigenvalue weighted by Gasteiger charge is 2.32. The molecule has 1 heterocycles. The molecule has 4 unspecified atom stereocenters. The molecule has 2 aliphatic rings. The van der Waals surface area contributed by atoms with Gasteiger partial charge in [-0.2, -0.15) is 0 Å². The molecule has 6 heteroatoms. The van der Waals surface area contributed by atoms with Crippen molar-refractivity contribution in [2.75, 3.05) is 19.8 Å². The van der Waals surface area contributed by atoms with Crippen molar-refractivity contribution in [2.24, 2.45) is 17.3 Å². The average molecular weight is 527 g/mol. The van der Waals surface area contributed by atoms with Crippen LogP contribution in [-0.4, -0.2) is 48.2 Å². The second kappa shape index (κ2) is 14.5. The lowest BCUT2D eigenvalue weighted by atomic mass is 9.73. The summed E-state index contributed by atoms with van der Waals surface area (Å²) in [7, 11) is 0. The molecule has 0 saturated carbocycles. The fourth-order valence-electron chi connectivity index (χ4n) is 4.87. The first-order chi connectivity index (χ1) is 18.3. The van der Waals surface area contributed by atoms with Crippen molar-refractivity contribution in [1.82, 2.24) is 0 Å². The number of hydrogen-bond acceptors (Lipinski definition) is 6. The number of esters is 1. The smallest absolute Gasteiger partial charge is 0.339 e. The van der Waals surface area contributed by atoms with Crippen LogP contribution in [0, 0.1) is 17.3 Å². The fourth-order valence-corrected chi connectivity index (χ4v) is 4.87. The number of aliphatic hydroxyl groups excluding tert-OH is 2. The predicted molar refractivity (Wildman–Crippen MR) is 150 cm³/mol. The molecule has 0 amide bonds. The zero-order chi connectivity index (χ0) is 27.5. The Balaban J connectivity index is 1.48. The zero-order valence-corrected chi connectivity index (χ0v) is 23.5. The van der Waals surface area contributed by atoms with Gasteiger partial charge in [0.15, 0.2) is 0 Å². The Bertz CT molecular complexity index is 976. The third-order valence-corrected chi connectivity index (χ3v) is 8.18. The quantitative estimate of drug-likeness (QED) is 0.196. The number of ether oxygens (including phenoxy) is 3. The summed E-state index contributed by atoms with van der Waals surface area (Å²) in [6, 6.07) is 7.47. The Morgan fingerprint density at radius 2 is 1.82 bits per heavy atom. The normalized spacial score (nSPS) is 21.2. The third-order valence-electron chi connectivity index (χ3n) is 8.18. The van der Waals surface area contributed by atoms with Crippen molar-refractivity contribution in [2.45, 2.75) is 84.8 Å². The maximum Gasteiger partial charge on any atom is 0.339 e. The number of fused-ring (bicyclic) bond motifs is 1. The molecule has 38 heavy (non-hydrogen) atoms. The van der Waals surface area contributed by atoms with Gasteiger partial charge in [0.1, 0.15) is 24.2 Å². The van der Waals surface area contributed by atoms with Crippen LogP contribution in [0.5, 0.6) is 5.75 Å². The summed E-state index contributed by atoms with van der Waals surface area (Å²) in [6.07, 6.45) is 13.2. The lowest BCUT2D eigenvalue weighted by Crippen LogP contribution is -2.31. The van der Waals surface area contributed by atoms with Crippen LogP contribution in [-0.2, 0) is 14.3 Å². The van der Waals surface area contributed by atoms with Crippen molar-refractivity contribution < 1.29 is 29.2 Å². The summed E-state index contributed by atoms with van der Waals surface area (Å²) < 4.78 is 17.3. The molecular weight excluding hydrogens is 480 g/mol. The van der Waals surface area contributed by atoms with E-state index in [9.17, 15) is 9.90 Å². The molecule has 0 aromatic heterocycles. The highest BCUT2D eigenvalue weighted by molar-refractivity contribution is 6.17. The Hall–Kier alpha value is -2.57. The van der Waals surface area contributed by atoms with Gasteiger partial charge >= 0.3 is 5.97 Å². The summed E-state index contributed by atoms with van der Waals surface area (Å²) >= 11 is 0.